The molecule has 21 heavy (non-hydrogen) atoms. The van der Waals surface area contributed by atoms with E-state index in [1.54, 1.807) is 0 Å². The molecular formula is C18H28N2O. The van der Waals surface area contributed by atoms with Crippen LogP contribution in [0.1, 0.15) is 49.7 Å². The molecule has 116 valence electrons. The van der Waals surface area contributed by atoms with E-state index in [-0.39, 0.29) is 6.10 Å². The maximum absolute atomic E-state index is 9.62. The molecule has 3 heteroatoms. The summed E-state index contributed by atoms with van der Waals surface area (Å²) in [6.45, 7) is 4.06. The van der Waals surface area contributed by atoms with E-state index in [0.29, 0.717) is 0 Å². The van der Waals surface area contributed by atoms with E-state index in [1.165, 1.54) is 36.8 Å². The molecule has 2 N–H and O–H groups in total. The standard InChI is InChI=1S/C18H28N2O/c21-18-9-11-20(12-10-18)14-16-6-2-1-5-15(16)13-19-17-7-3-4-8-17/h1-2,5-6,17-19,21H,3-4,7-14H2. The molecule has 1 saturated carbocycles. The maximum atomic E-state index is 9.62. The third-order valence-corrected chi connectivity index (χ3v) is 5.01. The van der Waals surface area contributed by atoms with Crippen LogP contribution in [0.25, 0.3) is 0 Å². The number of nitrogens with one attached hydrogen (secondary N) is 1. The number of rotatable bonds is 5. The van der Waals surface area contributed by atoms with Crippen LogP contribution in [0.3, 0.4) is 0 Å². The van der Waals surface area contributed by atoms with Crippen molar-refractivity contribution in [2.45, 2.75) is 63.8 Å². The van der Waals surface area contributed by atoms with Crippen LogP contribution in [0.5, 0.6) is 0 Å². The molecule has 0 radical (unpaired) electrons. The average molecular weight is 288 g/mol. The summed E-state index contributed by atoms with van der Waals surface area (Å²) >= 11 is 0. The molecule has 3 rings (SSSR count). The van der Waals surface area contributed by atoms with Gasteiger partial charge in [-0.3, -0.25) is 4.90 Å². The van der Waals surface area contributed by atoms with Gasteiger partial charge in [0.2, 0.25) is 0 Å². The fourth-order valence-electron chi connectivity index (χ4n) is 3.59. The highest BCUT2D eigenvalue weighted by atomic mass is 16.3. The minimum absolute atomic E-state index is 0.0828. The number of hydrogen-bond donors (Lipinski definition) is 2. The highest BCUT2D eigenvalue weighted by molar-refractivity contribution is 5.27. The summed E-state index contributed by atoms with van der Waals surface area (Å²) in [4.78, 5) is 2.47. The molecule has 2 aliphatic rings. The summed E-state index contributed by atoms with van der Waals surface area (Å²) in [5.74, 6) is 0. The first-order valence-electron chi connectivity index (χ1n) is 8.52. The van der Waals surface area contributed by atoms with Gasteiger partial charge in [-0.1, -0.05) is 37.1 Å². The van der Waals surface area contributed by atoms with Gasteiger partial charge in [-0.25, -0.2) is 0 Å². The Morgan fingerprint density at radius 1 is 1.00 bits per heavy atom. The number of aliphatic hydroxyl groups is 1. The van der Waals surface area contributed by atoms with Crippen LogP contribution >= 0.6 is 0 Å². The Bertz CT molecular complexity index is 435. The van der Waals surface area contributed by atoms with E-state index in [1.807, 2.05) is 0 Å². The maximum Gasteiger partial charge on any atom is 0.0564 e. The Labute approximate surface area is 128 Å². The predicted molar refractivity (Wildman–Crippen MR) is 86.1 cm³/mol. The van der Waals surface area contributed by atoms with Crippen molar-refractivity contribution in [2.75, 3.05) is 13.1 Å². The lowest BCUT2D eigenvalue weighted by molar-refractivity contribution is 0.0791. The molecule has 2 fully saturated rings. The van der Waals surface area contributed by atoms with Crippen molar-refractivity contribution in [2.24, 2.45) is 0 Å². The van der Waals surface area contributed by atoms with Crippen LogP contribution in [0.15, 0.2) is 24.3 Å². The highest BCUT2D eigenvalue weighted by Crippen LogP contribution is 2.20. The molecule has 0 spiro atoms. The van der Waals surface area contributed by atoms with Crippen molar-refractivity contribution in [1.29, 1.82) is 0 Å². The van der Waals surface area contributed by atoms with E-state index >= 15 is 0 Å². The zero-order valence-corrected chi connectivity index (χ0v) is 12.9. The van der Waals surface area contributed by atoms with Gasteiger partial charge in [0.15, 0.2) is 0 Å². The molecule has 1 aliphatic heterocycles. The second-order valence-corrected chi connectivity index (χ2v) is 6.64. The van der Waals surface area contributed by atoms with Crippen LogP contribution in [0, 0.1) is 0 Å². The van der Waals surface area contributed by atoms with Crippen LogP contribution < -0.4 is 5.32 Å². The van der Waals surface area contributed by atoms with Crippen molar-refractivity contribution in [3.05, 3.63) is 35.4 Å². The minimum atomic E-state index is -0.0828. The summed E-state index contributed by atoms with van der Waals surface area (Å²) in [6.07, 6.45) is 7.20. The van der Waals surface area contributed by atoms with Gasteiger partial charge >= 0.3 is 0 Å². The molecule has 0 amide bonds. The van der Waals surface area contributed by atoms with Gasteiger partial charge in [-0.05, 0) is 36.8 Å². The predicted octanol–water partition coefficient (Wildman–Crippen LogP) is 2.68. The average Bonchev–Trinajstić information content (AvgIpc) is 3.02. The molecule has 3 nitrogen and oxygen atoms in total. The lowest BCUT2D eigenvalue weighted by Crippen LogP contribution is -2.35. The summed E-state index contributed by atoms with van der Waals surface area (Å²) in [5, 5.41) is 13.3. The molecule has 1 saturated heterocycles. The van der Waals surface area contributed by atoms with Crippen molar-refractivity contribution >= 4 is 0 Å². The molecule has 1 aromatic carbocycles. The number of piperidine rings is 1. The Morgan fingerprint density at radius 2 is 1.67 bits per heavy atom. The Balaban J connectivity index is 1.56. The Hall–Kier alpha value is -0.900. The molecular weight excluding hydrogens is 260 g/mol. The second-order valence-electron chi connectivity index (χ2n) is 6.64. The van der Waals surface area contributed by atoms with Gasteiger partial charge in [-0.15, -0.1) is 0 Å². The van der Waals surface area contributed by atoms with Crippen molar-refractivity contribution in [1.82, 2.24) is 10.2 Å². The normalized spacial score (nSPS) is 22.0. The summed E-state index contributed by atoms with van der Waals surface area (Å²) in [5.41, 5.74) is 2.88. The fraction of sp³-hybridized carbons (Fsp3) is 0.667. The minimum Gasteiger partial charge on any atom is -0.393 e. The van der Waals surface area contributed by atoms with Crippen molar-refractivity contribution in [3.63, 3.8) is 0 Å². The molecule has 0 aromatic heterocycles. The first-order valence-corrected chi connectivity index (χ1v) is 8.52. The van der Waals surface area contributed by atoms with Gasteiger partial charge < -0.3 is 10.4 Å². The smallest absolute Gasteiger partial charge is 0.0564 e. The lowest BCUT2D eigenvalue weighted by atomic mass is 10.0. The monoisotopic (exact) mass is 288 g/mol. The highest BCUT2D eigenvalue weighted by Gasteiger charge is 2.18. The third kappa shape index (κ3) is 4.29. The zero-order chi connectivity index (χ0) is 14.5. The van der Waals surface area contributed by atoms with Crippen LogP contribution in [0.2, 0.25) is 0 Å². The summed E-state index contributed by atoms with van der Waals surface area (Å²) in [7, 11) is 0. The number of nitrogens with zero attached hydrogens (tertiary/aromatic N) is 1. The van der Waals surface area contributed by atoms with Crippen molar-refractivity contribution < 1.29 is 5.11 Å². The summed E-state index contributed by atoms with van der Waals surface area (Å²) < 4.78 is 0. The van der Waals surface area contributed by atoms with Crippen molar-refractivity contribution in [3.8, 4) is 0 Å². The van der Waals surface area contributed by atoms with Gasteiger partial charge in [0.05, 0.1) is 6.10 Å². The zero-order valence-electron chi connectivity index (χ0n) is 12.9. The van der Waals surface area contributed by atoms with Gasteiger partial charge in [0.25, 0.3) is 0 Å². The molecule has 0 atom stereocenters. The van der Waals surface area contributed by atoms with Crippen LogP contribution in [-0.4, -0.2) is 35.2 Å². The lowest BCUT2D eigenvalue weighted by Gasteiger charge is -2.30. The number of benzene rings is 1. The van der Waals surface area contributed by atoms with Crippen LogP contribution in [-0.2, 0) is 13.1 Å². The van der Waals surface area contributed by atoms with Crippen LogP contribution in [0.4, 0.5) is 0 Å². The quantitative estimate of drug-likeness (QED) is 0.874. The number of likely N-dealkylation sites (tertiary alicyclic amines) is 1. The largest absolute Gasteiger partial charge is 0.393 e. The fourth-order valence-corrected chi connectivity index (χ4v) is 3.59. The van der Waals surface area contributed by atoms with E-state index in [4.69, 9.17) is 0 Å². The molecule has 1 heterocycles. The number of aliphatic hydroxyl groups excluding tert-OH is 1. The molecule has 1 aromatic rings. The van der Waals surface area contributed by atoms with E-state index in [2.05, 4.69) is 34.5 Å². The van der Waals surface area contributed by atoms with E-state index in [9.17, 15) is 5.11 Å². The Kier molecular flexibility index (Phi) is 5.28. The molecule has 0 unspecified atom stereocenters. The third-order valence-electron chi connectivity index (χ3n) is 5.01. The SMILES string of the molecule is OC1CCN(Cc2ccccc2CNC2CCCC2)CC1. The Morgan fingerprint density at radius 3 is 2.38 bits per heavy atom. The first-order chi connectivity index (χ1) is 10.3. The first kappa shape index (κ1) is 15.0. The van der Waals surface area contributed by atoms with E-state index in [0.717, 1.165) is 45.1 Å². The molecule has 0 bridgehead atoms. The number of hydrogen-bond acceptors (Lipinski definition) is 3. The molecule has 1 aliphatic carbocycles. The van der Waals surface area contributed by atoms with Gasteiger partial charge in [0, 0.05) is 32.2 Å². The summed E-state index contributed by atoms with van der Waals surface area (Å²) in [6, 6.07) is 9.54. The topological polar surface area (TPSA) is 35.5 Å². The van der Waals surface area contributed by atoms with Gasteiger partial charge in [-0.2, -0.15) is 0 Å². The second kappa shape index (κ2) is 7.39. The van der Waals surface area contributed by atoms with E-state index < -0.39 is 0 Å². The van der Waals surface area contributed by atoms with Gasteiger partial charge in [0.1, 0.15) is 0 Å².